The van der Waals surface area contributed by atoms with Crippen molar-refractivity contribution in [2.45, 2.75) is 18.9 Å². The molecule has 2 rings (SSSR count). The third-order valence-electron chi connectivity index (χ3n) is 2.45. The summed E-state index contributed by atoms with van der Waals surface area (Å²) in [5, 5.41) is 4.18. The Balaban J connectivity index is 2.05. The molecule has 4 heteroatoms. The highest BCUT2D eigenvalue weighted by Gasteiger charge is 2.14. The molecule has 1 aliphatic heterocycles. The lowest BCUT2D eigenvalue weighted by atomic mass is 10.1. The van der Waals surface area contributed by atoms with Gasteiger partial charge in [-0.15, -0.1) is 0 Å². The maximum absolute atomic E-state index is 5.94. The van der Waals surface area contributed by atoms with Crippen LogP contribution in [0.2, 0.25) is 5.02 Å². The first-order valence-electron chi connectivity index (χ1n) is 5.05. The third-order valence-corrected chi connectivity index (χ3v) is 3.37. The summed E-state index contributed by atoms with van der Waals surface area (Å²) < 4.78 is 6.45. The summed E-state index contributed by atoms with van der Waals surface area (Å²) in [6, 6.07) is 6.15. The molecule has 0 aliphatic carbocycles. The third kappa shape index (κ3) is 3.10. The second-order valence-corrected chi connectivity index (χ2v) is 4.97. The monoisotopic (exact) mass is 289 g/mol. The van der Waals surface area contributed by atoms with Gasteiger partial charge in [0, 0.05) is 22.1 Å². The molecule has 1 unspecified atom stereocenters. The first kappa shape index (κ1) is 11.2. The van der Waals surface area contributed by atoms with Gasteiger partial charge in [-0.1, -0.05) is 11.6 Å². The van der Waals surface area contributed by atoms with Crippen molar-refractivity contribution in [1.82, 2.24) is 0 Å². The number of hydrogen-bond donors (Lipinski definition) is 1. The topological polar surface area (TPSA) is 21.3 Å². The minimum Gasteiger partial charge on any atom is -0.379 e. The van der Waals surface area contributed by atoms with E-state index in [-0.39, 0.29) is 0 Å². The van der Waals surface area contributed by atoms with E-state index in [0.717, 1.165) is 41.2 Å². The molecular weight excluding hydrogens is 277 g/mol. The van der Waals surface area contributed by atoms with Gasteiger partial charge in [0.15, 0.2) is 0 Å². The van der Waals surface area contributed by atoms with E-state index in [1.807, 2.05) is 18.2 Å². The Bertz CT molecular complexity index is 339. The Morgan fingerprint density at radius 3 is 3.07 bits per heavy atom. The lowest BCUT2D eigenvalue weighted by Crippen LogP contribution is -2.30. The van der Waals surface area contributed by atoms with Gasteiger partial charge in [-0.25, -0.2) is 0 Å². The Morgan fingerprint density at radius 2 is 2.33 bits per heavy atom. The quantitative estimate of drug-likeness (QED) is 0.897. The average molecular weight is 291 g/mol. The highest BCUT2D eigenvalue weighted by Crippen LogP contribution is 2.27. The molecule has 0 amide bonds. The minimum atomic E-state index is 0.397. The largest absolute Gasteiger partial charge is 0.379 e. The highest BCUT2D eigenvalue weighted by atomic mass is 79.9. The summed E-state index contributed by atoms with van der Waals surface area (Å²) in [6.07, 6.45) is 2.27. The molecule has 1 heterocycles. The average Bonchev–Trinajstić information content (AvgIpc) is 2.25. The van der Waals surface area contributed by atoms with Crippen LogP contribution in [0.3, 0.4) is 0 Å². The lowest BCUT2D eigenvalue weighted by molar-refractivity contribution is 0.0876. The predicted octanol–water partition coefficient (Wildman–Crippen LogP) is 3.69. The predicted molar refractivity (Wildman–Crippen MR) is 66.6 cm³/mol. The first-order valence-corrected chi connectivity index (χ1v) is 6.22. The van der Waals surface area contributed by atoms with E-state index in [0.29, 0.717) is 6.04 Å². The zero-order valence-electron chi connectivity index (χ0n) is 8.30. The van der Waals surface area contributed by atoms with Gasteiger partial charge in [0.1, 0.15) is 0 Å². The number of hydrogen-bond acceptors (Lipinski definition) is 2. The van der Waals surface area contributed by atoms with Crippen LogP contribution in [-0.2, 0) is 4.74 Å². The molecule has 0 radical (unpaired) electrons. The van der Waals surface area contributed by atoms with Crippen LogP contribution in [0.5, 0.6) is 0 Å². The van der Waals surface area contributed by atoms with Crippen molar-refractivity contribution < 1.29 is 4.74 Å². The van der Waals surface area contributed by atoms with Gasteiger partial charge in [-0.3, -0.25) is 0 Å². The molecule has 1 saturated heterocycles. The summed E-state index contributed by atoms with van der Waals surface area (Å²) in [5.41, 5.74) is 1.04. The smallest absolute Gasteiger partial charge is 0.0667 e. The first-order chi connectivity index (χ1) is 7.25. The van der Waals surface area contributed by atoms with Gasteiger partial charge in [0.25, 0.3) is 0 Å². The Kier molecular flexibility index (Phi) is 3.89. The van der Waals surface area contributed by atoms with E-state index in [1.54, 1.807) is 0 Å². The van der Waals surface area contributed by atoms with E-state index in [4.69, 9.17) is 16.3 Å². The van der Waals surface area contributed by atoms with Crippen molar-refractivity contribution in [3.05, 3.63) is 27.7 Å². The molecule has 0 bridgehead atoms. The second kappa shape index (κ2) is 5.19. The fourth-order valence-corrected chi connectivity index (χ4v) is 2.22. The Labute approximate surface area is 103 Å². The Morgan fingerprint density at radius 1 is 1.47 bits per heavy atom. The number of halogens is 2. The van der Waals surface area contributed by atoms with E-state index < -0.39 is 0 Å². The number of ether oxygens (including phenoxy) is 1. The fraction of sp³-hybridized carbons (Fsp3) is 0.455. The molecule has 1 N–H and O–H groups in total. The molecule has 1 fully saturated rings. The number of rotatable bonds is 2. The van der Waals surface area contributed by atoms with Crippen LogP contribution in [-0.4, -0.2) is 19.3 Å². The van der Waals surface area contributed by atoms with Gasteiger partial charge in [0.2, 0.25) is 0 Å². The Hall–Kier alpha value is -0.250. The molecule has 2 nitrogen and oxygen atoms in total. The van der Waals surface area contributed by atoms with E-state index in [1.165, 1.54) is 0 Å². The SMILES string of the molecule is Clc1ccc(Br)c(NC2CCCOC2)c1. The molecule has 82 valence electrons. The van der Waals surface area contributed by atoms with Crippen LogP contribution >= 0.6 is 27.5 Å². The van der Waals surface area contributed by atoms with Crippen LogP contribution < -0.4 is 5.32 Å². The van der Waals surface area contributed by atoms with Gasteiger partial charge in [0.05, 0.1) is 12.3 Å². The maximum atomic E-state index is 5.94. The number of nitrogens with one attached hydrogen (secondary N) is 1. The van der Waals surface area contributed by atoms with Crippen molar-refractivity contribution >= 4 is 33.2 Å². The molecule has 15 heavy (non-hydrogen) atoms. The lowest BCUT2D eigenvalue weighted by Gasteiger charge is -2.24. The van der Waals surface area contributed by atoms with Gasteiger partial charge in [-0.05, 0) is 47.0 Å². The van der Waals surface area contributed by atoms with Crippen LogP contribution in [0.4, 0.5) is 5.69 Å². The summed E-state index contributed by atoms with van der Waals surface area (Å²) in [6.45, 7) is 1.66. The summed E-state index contributed by atoms with van der Waals surface area (Å²) in [7, 11) is 0. The van der Waals surface area contributed by atoms with Gasteiger partial charge < -0.3 is 10.1 Å². The van der Waals surface area contributed by atoms with Crippen LogP contribution in [0.25, 0.3) is 0 Å². The highest BCUT2D eigenvalue weighted by molar-refractivity contribution is 9.10. The zero-order chi connectivity index (χ0) is 10.7. The summed E-state index contributed by atoms with van der Waals surface area (Å²) in [4.78, 5) is 0. The van der Waals surface area contributed by atoms with E-state index in [2.05, 4.69) is 21.2 Å². The summed E-state index contributed by atoms with van der Waals surface area (Å²) in [5.74, 6) is 0. The fourth-order valence-electron chi connectivity index (χ4n) is 1.68. The van der Waals surface area contributed by atoms with Crippen molar-refractivity contribution in [1.29, 1.82) is 0 Å². The molecule has 1 aromatic rings. The van der Waals surface area contributed by atoms with E-state index in [9.17, 15) is 0 Å². The zero-order valence-corrected chi connectivity index (χ0v) is 10.6. The molecule has 1 atom stereocenters. The molecule has 0 spiro atoms. The summed E-state index contributed by atoms with van der Waals surface area (Å²) >= 11 is 9.44. The molecule has 0 aromatic heterocycles. The van der Waals surface area contributed by atoms with Crippen molar-refractivity contribution in [2.75, 3.05) is 18.5 Å². The maximum Gasteiger partial charge on any atom is 0.0667 e. The van der Waals surface area contributed by atoms with Crippen LogP contribution in [0.15, 0.2) is 22.7 Å². The van der Waals surface area contributed by atoms with Gasteiger partial charge >= 0.3 is 0 Å². The van der Waals surface area contributed by atoms with Crippen molar-refractivity contribution in [3.63, 3.8) is 0 Å². The molecule has 0 saturated carbocycles. The van der Waals surface area contributed by atoms with Gasteiger partial charge in [-0.2, -0.15) is 0 Å². The normalized spacial score (nSPS) is 21.3. The van der Waals surface area contributed by atoms with Crippen LogP contribution in [0.1, 0.15) is 12.8 Å². The minimum absolute atomic E-state index is 0.397. The van der Waals surface area contributed by atoms with E-state index >= 15 is 0 Å². The number of benzene rings is 1. The molecule has 1 aromatic carbocycles. The molecular formula is C11H13BrClNO. The molecule has 1 aliphatic rings. The van der Waals surface area contributed by atoms with Crippen molar-refractivity contribution in [2.24, 2.45) is 0 Å². The second-order valence-electron chi connectivity index (χ2n) is 3.68. The van der Waals surface area contributed by atoms with Crippen molar-refractivity contribution in [3.8, 4) is 0 Å². The number of anilines is 1. The van der Waals surface area contributed by atoms with Crippen LogP contribution in [0, 0.1) is 0 Å². The standard InChI is InChI=1S/C11H13BrClNO/c12-10-4-3-8(13)6-11(10)14-9-2-1-5-15-7-9/h3-4,6,9,14H,1-2,5,7H2.